The molecule has 152 valence electrons. The second-order valence-corrected chi connectivity index (χ2v) is 7.12. The third-order valence-corrected chi connectivity index (χ3v) is 5.20. The van der Waals surface area contributed by atoms with Crippen molar-refractivity contribution in [3.63, 3.8) is 0 Å². The highest BCUT2D eigenvalue weighted by atomic mass is 16.6. The first kappa shape index (κ1) is 20.2. The molecule has 2 aliphatic rings. The predicted molar refractivity (Wildman–Crippen MR) is 96.0 cm³/mol. The number of benzene rings is 1. The number of nitrogens with two attached hydrogens (primary N) is 1. The average Bonchev–Trinajstić information content (AvgIpc) is 3.48. The summed E-state index contributed by atoms with van der Waals surface area (Å²) in [7, 11) is 0. The Balaban J connectivity index is 1.42. The summed E-state index contributed by atoms with van der Waals surface area (Å²) in [5.74, 6) is -2.11. The van der Waals surface area contributed by atoms with Crippen LogP contribution in [0.1, 0.15) is 30.7 Å². The van der Waals surface area contributed by atoms with E-state index in [4.69, 9.17) is 4.74 Å². The monoisotopic (exact) mass is 392 g/mol. The zero-order valence-corrected chi connectivity index (χ0v) is 15.3. The number of aliphatic hydroxyl groups excluding tert-OH is 2. The van der Waals surface area contributed by atoms with E-state index in [9.17, 15) is 24.6 Å². The van der Waals surface area contributed by atoms with Gasteiger partial charge in [-0.25, -0.2) is 14.4 Å². The van der Waals surface area contributed by atoms with Crippen molar-refractivity contribution >= 4 is 18.0 Å². The Kier molecular flexibility index (Phi) is 6.28. The van der Waals surface area contributed by atoms with E-state index in [-0.39, 0.29) is 0 Å². The molecule has 3 rings (SSSR count). The first-order valence-electron chi connectivity index (χ1n) is 9.23. The molecular weight excluding hydrogens is 368 g/mol. The van der Waals surface area contributed by atoms with Gasteiger partial charge in [0.05, 0.1) is 0 Å². The normalized spacial score (nSPS) is 24.8. The lowest BCUT2D eigenvalue weighted by Gasteiger charge is -2.32. The lowest BCUT2D eigenvalue weighted by atomic mass is 10.1. The largest absolute Gasteiger partial charge is 0.460 e. The van der Waals surface area contributed by atoms with Gasteiger partial charge in [-0.2, -0.15) is 0 Å². The summed E-state index contributed by atoms with van der Waals surface area (Å²) in [6.45, 7) is 1.52. The van der Waals surface area contributed by atoms with Gasteiger partial charge in [-0.1, -0.05) is 30.3 Å². The summed E-state index contributed by atoms with van der Waals surface area (Å²) < 4.78 is 9.13. The summed E-state index contributed by atoms with van der Waals surface area (Å²) in [5.41, 5.74) is 5.98. The Morgan fingerprint density at radius 2 is 1.64 bits per heavy atom. The van der Waals surface area contributed by atoms with Crippen molar-refractivity contribution < 1.29 is 34.1 Å². The number of nitrogens with zero attached hydrogens (tertiary/aromatic N) is 1. The van der Waals surface area contributed by atoms with Gasteiger partial charge < -0.3 is 25.4 Å². The van der Waals surface area contributed by atoms with E-state index in [1.54, 1.807) is 0 Å². The van der Waals surface area contributed by atoms with Crippen LogP contribution in [0.4, 0.5) is 4.79 Å². The Hall–Kier alpha value is -2.49. The number of carbonyl (C=O) groups excluding carboxylic acids is 3. The number of hydrogen-bond acceptors (Lipinski definition) is 8. The molecule has 9 heteroatoms. The number of ether oxygens (including phenoxy) is 2. The molecule has 1 aromatic rings. The van der Waals surface area contributed by atoms with Crippen LogP contribution in [0, 0.1) is 0 Å². The molecule has 0 spiro atoms. The fraction of sp³-hybridized carbons (Fsp3) is 0.526. The van der Waals surface area contributed by atoms with Crippen LogP contribution in [-0.4, -0.2) is 70.6 Å². The van der Waals surface area contributed by atoms with Crippen molar-refractivity contribution in [3.8, 4) is 0 Å². The number of rotatable bonds is 6. The molecule has 28 heavy (non-hydrogen) atoms. The molecule has 1 aromatic carbocycles. The minimum Gasteiger partial charge on any atom is -0.460 e. The lowest BCUT2D eigenvalue weighted by molar-refractivity contribution is -0.174. The maximum Gasteiger partial charge on any atom is 0.412 e. The van der Waals surface area contributed by atoms with Gasteiger partial charge in [-0.05, 0) is 24.8 Å². The smallest absolute Gasteiger partial charge is 0.412 e. The van der Waals surface area contributed by atoms with E-state index in [1.165, 1.54) is 5.56 Å². The highest BCUT2D eigenvalue weighted by Gasteiger charge is 2.44. The number of piperidine rings is 1. The van der Waals surface area contributed by atoms with Gasteiger partial charge in [0, 0.05) is 25.0 Å². The van der Waals surface area contributed by atoms with E-state index in [1.807, 2.05) is 18.2 Å². The van der Waals surface area contributed by atoms with Crippen LogP contribution >= 0.6 is 0 Å². The quantitative estimate of drug-likeness (QED) is 0.450. The maximum atomic E-state index is 11.9. The maximum absolute atomic E-state index is 11.9. The van der Waals surface area contributed by atoms with Crippen molar-refractivity contribution in [2.24, 2.45) is 5.73 Å². The zero-order valence-electron chi connectivity index (χ0n) is 15.3. The highest BCUT2D eigenvalue weighted by Crippen LogP contribution is 2.45. The number of likely N-dealkylation sites (tertiary alicyclic amines) is 1. The first-order valence-corrected chi connectivity index (χ1v) is 9.23. The van der Waals surface area contributed by atoms with Crippen molar-refractivity contribution in [2.75, 3.05) is 13.1 Å². The summed E-state index contributed by atoms with van der Waals surface area (Å²) in [5, 5.41) is 19.3. The number of carbonyl (C=O) groups is 3. The summed E-state index contributed by atoms with van der Waals surface area (Å²) >= 11 is 0. The molecule has 1 heterocycles. The third-order valence-electron chi connectivity index (χ3n) is 5.20. The Morgan fingerprint density at radius 3 is 2.25 bits per heavy atom. The minimum atomic E-state index is -2.24. The van der Waals surface area contributed by atoms with Crippen LogP contribution in [0.25, 0.3) is 0 Å². The third kappa shape index (κ3) is 4.86. The molecule has 9 nitrogen and oxygen atoms in total. The van der Waals surface area contributed by atoms with Gasteiger partial charge in [0.2, 0.25) is 0 Å². The first-order chi connectivity index (χ1) is 13.4. The number of hydrogen-bond donors (Lipinski definition) is 3. The standard InChI is InChI=1S/C19H24N2O7/c20-19(26)28-18(25)16(23)15(22)17(24)27-12-6-8-21(9-7-12)14-10-13(14)11-4-2-1-3-5-11/h1-5,12-16,22-23H,6-10H2,(H2,20,26)/t13-,14-,15?,16?/m0/s1. The number of primary amides is 1. The van der Waals surface area contributed by atoms with Gasteiger partial charge in [-0.15, -0.1) is 0 Å². The Morgan fingerprint density at radius 1 is 1.04 bits per heavy atom. The van der Waals surface area contributed by atoms with Crippen molar-refractivity contribution in [1.82, 2.24) is 4.90 Å². The van der Waals surface area contributed by atoms with Crippen LogP contribution in [-0.2, 0) is 19.1 Å². The number of amides is 1. The predicted octanol–water partition coefficient (Wildman–Crippen LogP) is -0.106. The topological polar surface area (TPSA) is 139 Å². The molecule has 2 unspecified atom stereocenters. The molecule has 0 radical (unpaired) electrons. The van der Waals surface area contributed by atoms with Crippen LogP contribution < -0.4 is 5.73 Å². The molecule has 1 aliphatic heterocycles. The van der Waals surface area contributed by atoms with Crippen LogP contribution in [0.15, 0.2) is 30.3 Å². The molecule has 1 aliphatic carbocycles. The minimum absolute atomic E-state index is 0.410. The van der Waals surface area contributed by atoms with E-state index in [0.717, 1.165) is 19.5 Å². The van der Waals surface area contributed by atoms with E-state index in [2.05, 4.69) is 27.5 Å². The summed E-state index contributed by atoms with van der Waals surface area (Å²) in [6, 6.07) is 10.8. The SMILES string of the molecule is NC(=O)OC(=O)C(O)C(O)C(=O)OC1CCN([C@H]2C[C@H]2c2ccccc2)CC1. The Labute approximate surface area is 162 Å². The van der Waals surface area contributed by atoms with Crippen molar-refractivity contribution in [3.05, 3.63) is 35.9 Å². The van der Waals surface area contributed by atoms with Gasteiger partial charge in [0.1, 0.15) is 6.10 Å². The van der Waals surface area contributed by atoms with E-state index >= 15 is 0 Å². The van der Waals surface area contributed by atoms with Crippen LogP contribution in [0.5, 0.6) is 0 Å². The fourth-order valence-electron chi connectivity index (χ4n) is 3.62. The van der Waals surface area contributed by atoms with Crippen LogP contribution in [0.3, 0.4) is 0 Å². The molecule has 1 amide bonds. The molecule has 0 bridgehead atoms. The zero-order chi connectivity index (χ0) is 20.3. The summed E-state index contributed by atoms with van der Waals surface area (Å²) in [6.07, 6.45) is -3.93. The molecule has 1 saturated heterocycles. The van der Waals surface area contributed by atoms with Gasteiger partial charge >= 0.3 is 18.0 Å². The van der Waals surface area contributed by atoms with Crippen molar-refractivity contribution in [2.45, 2.75) is 49.5 Å². The van der Waals surface area contributed by atoms with Gasteiger partial charge in [0.25, 0.3) is 0 Å². The molecule has 0 aromatic heterocycles. The second-order valence-electron chi connectivity index (χ2n) is 7.12. The lowest BCUT2D eigenvalue weighted by Crippen LogP contribution is -2.45. The number of aliphatic hydroxyl groups is 2. The molecule has 4 N–H and O–H groups in total. The second kappa shape index (κ2) is 8.68. The van der Waals surface area contributed by atoms with Crippen LogP contribution in [0.2, 0.25) is 0 Å². The van der Waals surface area contributed by atoms with E-state index < -0.39 is 36.3 Å². The average molecular weight is 392 g/mol. The highest BCUT2D eigenvalue weighted by molar-refractivity contribution is 5.90. The van der Waals surface area contributed by atoms with E-state index in [0.29, 0.717) is 24.8 Å². The Bertz CT molecular complexity index is 718. The number of esters is 2. The summed E-state index contributed by atoms with van der Waals surface area (Å²) in [4.78, 5) is 36.1. The molecule has 4 atom stereocenters. The molecule has 2 fully saturated rings. The van der Waals surface area contributed by atoms with Gasteiger partial charge in [-0.3, -0.25) is 4.90 Å². The van der Waals surface area contributed by atoms with Crippen molar-refractivity contribution in [1.29, 1.82) is 0 Å². The fourth-order valence-corrected chi connectivity index (χ4v) is 3.62. The van der Waals surface area contributed by atoms with Gasteiger partial charge in [0.15, 0.2) is 12.2 Å². The molecule has 1 saturated carbocycles. The molecular formula is C19H24N2O7.